The average Bonchev–Trinajstić information content (AvgIpc) is 2.10. The van der Waals surface area contributed by atoms with E-state index in [1.54, 1.807) is 0 Å². The summed E-state index contributed by atoms with van der Waals surface area (Å²) in [5, 5.41) is 8.43. The van der Waals surface area contributed by atoms with Gasteiger partial charge in [-0.25, -0.2) is 0 Å². The molecule has 0 aromatic heterocycles. The Morgan fingerprint density at radius 3 is 2.69 bits per heavy atom. The standard InChI is InChI=1S/C8H15NO4/c9-7(8(11)12)4-2-1-3-5-13-6-10/h6-7H,1-5,9H2,(H,11,12)/t7-/m0/s1. The molecule has 76 valence electrons. The lowest BCUT2D eigenvalue weighted by atomic mass is 10.1. The third-order valence-electron chi connectivity index (χ3n) is 1.66. The van der Waals surface area contributed by atoms with Crippen LogP contribution in [0.2, 0.25) is 0 Å². The van der Waals surface area contributed by atoms with Gasteiger partial charge in [0.1, 0.15) is 6.04 Å². The Balaban J connectivity index is 3.15. The largest absolute Gasteiger partial charge is 0.480 e. The van der Waals surface area contributed by atoms with Crippen LogP contribution in [0, 0.1) is 0 Å². The van der Waals surface area contributed by atoms with Gasteiger partial charge in [-0.1, -0.05) is 6.42 Å². The van der Waals surface area contributed by atoms with E-state index in [1.165, 1.54) is 0 Å². The fraction of sp³-hybridized carbons (Fsp3) is 0.750. The summed E-state index contributed by atoms with van der Waals surface area (Å²) in [5.41, 5.74) is 5.27. The summed E-state index contributed by atoms with van der Waals surface area (Å²) in [5.74, 6) is -0.968. The fourth-order valence-corrected chi connectivity index (χ4v) is 0.898. The zero-order valence-corrected chi connectivity index (χ0v) is 7.44. The second-order valence-corrected chi connectivity index (χ2v) is 2.76. The van der Waals surface area contributed by atoms with E-state index in [0.717, 1.165) is 19.3 Å². The molecule has 1 atom stereocenters. The third-order valence-corrected chi connectivity index (χ3v) is 1.66. The normalized spacial score (nSPS) is 12.1. The van der Waals surface area contributed by atoms with Crippen molar-refractivity contribution >= 4 is 12.4 Å². The van der Waals surface area contributed by atoms with Gasteiger partial charge in [-0.15, -0.1) is 0 Å². The van der Waals surface area contributed by atoms with E-state index < -0.39 is 12.0 Å². The lowest BCUT2D eigenvalue weighted by Gasteiger charge is -2.04. The van der Waals surface area contributed by atoms with Gasteiger partial charge in [0, 0.05) is 0 Å². The minimum Gasteiger partial charge on any atom is -0.480 e. The molecule has 0 heterocycles. The zero-order valence-electron chi connectivity index (χ0n) is 7.44. The highest BCUT2D eigenvalue weighted by Crippen LogP contribution is 2.02. The van der Waals surface area contributed by atoms with Crippen molar-refractivity contribution in [2.24, 2.45) is 5.73 Å². The quantitative estimate of drug-likeness (QED) is 0.418. The maximum Gasteiger partial charge on any atom is 0.320 e. The molecule has 0 saturated heterocycles. The van der Waals surface area contributed by atoms with Crippen LogP contribution in [0.1, 0.15) is 25.7 Å². The lowest BCUT2D eigenvalue weighted by Crippen LogP contribution is -2.29. The second-order valence-electron chi connectivity index (χ2n) is 2.76. The molecule has 5 heteroatoms. The van der Waals surface area contributed by atoms with Crippen LogP contribution in [0.3, 0.4) is 0 Å². The van der Waals surface area contributed by atoms with Crippen molar-refractivity contribution in [3.63, 3.8) is 0 Å². The number of unbranched alkanes of at least 4 members (excludes halogenated alkanes) is 2. The monoisotopic (exact) mass is 189 g/mol. The van der Waals surface area contributed by atoms with E-state index in [9.17, 15) is 9.59 Å². The van der Waals surface area contributed by atoms with E-state index in [2.05, 4.69) is 4.74 Å². The van der Waals surface area contributed by atoms with Crippen LogP contribution in [0.5, 0.6) is 0 Å². The Morgan fingerprint density at radius 1 is 1.46 bits per heavy atom. The summed E-state index contributed by atoms with van der Waals surface area (Å²) in [7, 11) is 0. The van der Waals surface area contributed by atoms with Gasteiger partial charge in [-0.3, -0.25) is 9.59 Å². The molecular weight excluding hydrogens is 174 g/mol. The average molecular weight is 189 g/mol. The first-order valence-electron chi connectivity index (χ1n) is 4.22. The molecule has 0 bridgehead atoms. The van der Waals surface area contributed by atoms with Gasteiger partial charge < -0.3 is 15.6 Å². The number of carboxylic acid groups (broad SMARTS) is 1. The maximum absolute atomic E-state index is 10.3. The predicted octanol–water partition coefficient (Wildman–Crippen LogP) is 0.132. The van der Waals surface area contributed by atoms with Crippen molar-refractivity contribution in [2.45, 2.75) is 31.7 Å². The van der Waals surface area contributed by atoms with Crippen molar-refractivity contribution < 1.29 is 19.4 Å². The SMILES string of the molecule is N[C@@H](CCCCCOC=O)C(=O)O. The molecule has 5 nitrogen and oxygen atoms in total. The number of carbonyl (C=O) groups is 2. The van der Waals surface area contributed by atoms with Crippen molar-refractivity contribution in [3.05, 3.63) is 0 Å². The van der Waals surface area contributed by atoms with Gasteiger partial charge in [-0.2, -0.15) is 0 Å². The van der Waals surface area contributed by atoms with Gasteiger partial charge >= 0.3 is 5.97 Å². The van der Waals surface area contributed by atoms with E-state index in [-0.39, 0.29) is 0 Å². The number of hydrogen-bond donors (Lipinski definition) is 2. The smallest absolute Gasteiger partial charge is 0.320 e. The number of ether oxygens (including phenoxy) is 1. The molecule has 0 aromatic carbocycles. The molecule has 0 rings (SSSR count). The van der Waals surface area contributed by atoms with Crippen LogP contribution < -0.4 is 5.73 Å². The van der Waals surface area contributed by atoms with Crippen molar-refractivity contribution in [1.29, 1.82) is 0 Å². The first kappa shape index (κ1) is 11.9. The number of carboxylic acids is 1. The first-order chi connectivity index (χ1) is 6.18. The molecule has 13 heavy (non-hydrogen) atoms. The number of hydrogen-bond acceptors (Lipinski definition) is 4. The van der Waals surface area contributed by atoms with Crippen molar-refractivity contribution in [2.75, 3.05) is 6.61 Å². The Bertz CT molecular complexity index is 160. The number of rotatable bonds is 8. The van der Waals surface area contributed by atoms with Crippen LogP contribution in [-0.2, 0) is 14.3 Å². The van der Waals surface area contributed by atoms with Gasteiger partial charge in [-0.05, 0) is 19.3 Å². The lowest BCUT2D eigenvalue weighted by molar-refractivity contribution is -0.138. The van der Waals surface area contributed by atoms with Crippen LogP contribution in [0.4, 0.5) is 0 Å². The van der Waals surface area contributed by atoms with Crippen molar-refractivity contribution in [3.8, 4) is 0 Å². The highest BCUT2D eigenvalue weighted by atomic mass is 16.5. The van der Waals surface area contributed by atoms with Crippen LogP contribution in [0.25, 0.3) is 0 Å². The molecule has 0 unspecified atom stereocenters. The minimum absolute atomic E-state index is 0.395. The molecular formula is C8H15NO4. The molecule has 0 aromatic rings. The van der Waals surface area contributed by atoms with E-state index >= 15 is 0 Å². The number of carbonyl (C=O) groups excluding carboxylic acids is 1. The Kier molecular flexibility index (Phi) is 6.91. The second kappa shape index (κ2) is 7.54. The summed E-state index contributed by atoms with van der Waals surface area (Å²) in [6.07, 6.45) is 2.80. The number of nitrogens with two attached hydrogens (primary N) is 1. The van der Waals surface area contributed by atoms with Gasteiger partial charge in [0.05, 0.1) is 6.61 Å². The maximum atomic E-state index is 10.3. The van der Waals surface area contributed by atoms with E-state index in [0.29, 0.717) is 19.5 Å². The van der Waals surface area contributed by atoms with Crippen LogP contribution in [-0.4, -0.2) is 30.2 Å². The summed E-state index contributed by atoms with van der Waals surface area (Å²) < 4.78 is 4.46. The molecule has 0 aliphatic carbocycles. The van der Waals surface area contributed by atoms with Crippen LogP contribution in [0.15, 0.2) is 0 Å². The third kappa shape index (κ3) is 7.27. The Labute approximate surface area is 76.9 Å². The van der Waals surface area contributed by atoms with Gasteiger partial charge in [0.15, 0.2) is 0 Å². The molecule has 0 saturated carbocycles. The Morgan fingerprint density at radius 2 is 2.15 bits per heavy atom. The van der Waals surface area contributed by atoms with E-state index in [1.807, 2.05) is 0 Å². The van der Waals surface area contributed by atoms with Crippen LogP contribution >= 0.6 is 0 Å². The number of aliphatic carboxylic acids is 1. The molecule has 0 radical (unpaired) electrons. The molecule has 0 fully saturated rings. The highest BCUT2D eigenvalue weighted by Gasteiger charge is 2.09. The van der Waals surface area contributed by atoms with E-state index in [4.69, 9.17) is 10.8 Å². The topological polar surface area (TPSA) is 89.6 Å². The van der Waals surface area contributed by atoms with Crippen molar-refractivity contribution in [1.82, 2.24) is 0 Å². The fourth-order valence-electron chi connectivity index (χ4n) is 0.898. The zero-order chi connectivity index (χ0) is 10.1. The first-order valence-corrected chi connectivity index (χ1v) is 4.22. The molecule has 3 N–H and O–H groups in total. The molecule has 0 spiro atoms. The predicted molar refractivity (Wildman–Crippen MR) is 46.1 cm³/mol. The van der Waals surface area contributed by atoms with Gasteiger partial charge in [0.25, 0.3) is 6.47 Å². The summed E-state index contributed by atoms with van der Waals surface area (Å²) in [6.45, 7) is 0.800. The molecule has 0 aliphatic rings. The Hall–Kier alpha value is -1.10. The summed E-state index contributed by atoms with van der Waals surface area (Å²) in [4.78, 5) is 20.0. The molecule has 0 amide bonds. The molecule has 0 aliphatic heterocycles. The van der Waals surface area contributed by atoms with Gasteiger partial charge in [0.2, 0.25) is 0 Å². The highest BCUT2D eigenvalue weighted by molar-refractivity contribution is 5.72. The summed E-state index contributed by atoms with van der Waals surface area (Å²) >= 11 is 0. The summed E-state index contributed by atoms with van der Waals surface area (Å²) in [6, 6.07) is -0.771. The minimum atomic E-state index is -0.968.